The van der Waals surface area contributed by atoms with Crippen LogP contribution >= 0.6 is 12.4 Å². The van der Waals surface area contributed by atoms with Crippen molar-refractivity contribution in [2.45, 2.75) is 44.4 Å². The first-order valence-electron chi connectivity index (χ1n) is 9.20. The number of hydrogen-bond donors (Lipinski definition) is 2. The van der Waals surface area contributed by atoms with Gasteiger partial charge in [-0.2, -0.15) is 13.2 Å². The number of rotatable bonds is 5. The number of amides is 1. The zero-order valence-corrected chi connectivity index (χ0v) is 16.0. The fourth-order valence-electron chi connectivity index (χ4n) is 4.23. The quantitative estimate of drug-likeness (QED) is 0.791. The number of carbonyl (C=O) groups is 1. The molecule has 1 aliphatic heterocycles. The second-order valence-corrected chi connectivity index (χ2v) is 7.53. The maximum atomic E-state index is 13.9. The number of nitrogens with one attached hydrogen (secondary N) is 1. The van der Waals surface area contributed by atoms with Crippen molar-refractivity contribution in [3.05, 3.63) is 35.9 Å². The summed E-state index contributed by atoms with van der Waals surface area (Å²) in [5, 5.41) is 2.69. The van der Waals surface area contributed by atoms with Crippen LogP contribution in [0, 0.1) is 11.3 Å². The van der Waals surface area contributed by atoms with Gasteiger partial charge in [0.2, 0.25) is 5.91 Å². The standard InChI is InChI=1S/C19H26F3N3O.ClH/c20-19(21,22)18(17(26)24-16-8-4-7-15(16)11-23)9-10-25(13-18)12-14-5-2-1-3-6-14;/h1-3,5-6,15-16H,4,7-13,23H2,(H,24,26);1H. The van der Waals surface area contributed by atoms with Gasteiger partial charge in [-0.25, -0.2) is 0 Å². The fraction of sp³-hybridized carbons (Fsp3) is 0.632. The molecular formula is C19H27ClF3N3O. The van der Waals surface area contributed by atoms with Gasteiger partial charge in [-0.05, 0) is 43.8 Å². The van der Waals surface area contributed by atoms with Gasteiger partial charge in [0, 0.05) is 19.1 Å². The zero-order chi connectivity index (χ0) is 18.8. The molecule has 8 heteroatoms. The van der Waals surface area contributed by atoms with Gasteiger partial charge in [0.25, 0.3) is 0 Å². The molecule has 1 aromatic rings. The van der Waals surface area contributed by atoms with Crippen molar-refractivity contribution in [1.29, 1.82) is 0 Å². The van der Waals surface area contributed by atoms with Gasteiger partial charge in [0.1, 0.15) is 0 Å². The van der Waals surface area contributed by atoms with Crippen molar-refractivity contribution in [3.63, 3.8) is 0 Å². The molecule has 3 unspecified atom stereocenters. The van der Waals surface area contributed by atoms with E-state index in [1.54, 1.807) is 4.90 Å². The van der Waals surface area contributed by atoms with Crippen molar-refractivity contribution in [3.8, 4) is 0 Å². The molecule has 3 N–H and O–H groups in total. The van der Waals surface area contributed by atoms with Crippen molar-refractivity contribution < 1.29 is 18.0 Å². The number of nitrogens with two attached hydrogens (primary N) is 1. The molecule has 152 valence electrons. The molecule has 1 saturated carbocycles. The number of likely N-dealkylation sites (tertiary alicyclic amines) is 1. The van der Waals surface area contributed by atoms with Crippen molar-refractivity contribution in [2.24, 2.45) is 17.1 Å². The number of halogens is 4. The lowest BCUT2D eigenvalue weighted by molar-refractivity contribution is -0.218. The van der Waals surface area contributed by atoms with Crippen LogP contribution in [-0.2, 0) is 11.3 Å². The van der Waals surface area contributed by atoms with Crippen molar-refractivity contribution >= 4 is 18.3 Å². The molecule has 1 saturated heterocycles. The molecule has 0 bridgehead atoms. The van der Waals surface area contributed by atoms with Crippen LogP contribution < -0.4 is 11.1 Å². The summed E-state index contributed by atoms with van der Waals surface area (Å²) in [5.41, 5.74) is 4.32. The fourth-order valence-corrected chi connectivity index (χ4v) is 4.23. The van der Waals surface area contributed by atoms with Crippen LogP contribution in [0.5, 0.6) is 0 Å². The summed E-state index contributed by atoms with van der Waals surface area (Å²) in [6.07, 6.45) is -2.31. The average molecular weight is 406 g/mol. The van der Waals surface area contributed by atoms with Crippen molar-refractivity contribution in [1.82, 2.24) is 10.2 Å². The van der Waals surface area contributed by atoms with Crippen LogP contribution in [0.25, 0.3) is 0 Å². The maximum Gasteiger partial charge on any atom is 0.404 e. The summed E-state index contributed by atoms with van der Waals surface area (Å²) in [6.45, 7) is 0.773. The molecule has 0 spiro atoms. The van der Waals surface area contributed by atoms with Gasteiger partial charge < -0.3 is 11.1 Å². The van der Waals surface area contributed by atoms with Crippen LogP contribution in [-0.4, -0.2) is 42.7 Å². The molecule has 27 heavy (non-hydrogen) atoms. The highest BCUT2D eigenvalue weighted by atomic mass is 35.5. The first-order chi connectivity index (χ1) is 12.4. The molecular weight excluding hydrogens is 379 g/mol. The van der Waals surface area contributed by atoms with Crippen LogP contribution in [0.1, 0.15) is 31.2 Å². The number of nitrogens with zero attached hydrogens (tertiary/aromatic N) is 1. The smallest absolute Gasteiger partial charge is 0.352 e. The SMILES string of the molecule is Cl.NCC1CCCC1NC(=O)C1(C(F)(F)F)CCN(Cc2ccccc2)C1. The van der Waals surface area contributed by atoms with Crippen LogP contribution in [0.2, 0.25) is 0 Å². The molecule has 3 atom stereocenters. The number of carbonyl (C=O) groups excluding carboxylic acids is 1. The third-order valence-electron chi connectivity index (χ3n) is 5.85. The number of alkyl halides is 3. The summed E-state index contributed by atoms with van der Waals surface area (Å²) in [7, 11) is 0. The molecule has 1 amide bonds. The highest BCUT2D eigenvalue weighted by Gasteiger charge is 2.63. The lowest BCUT2D eigenvalue weighted by Gasteiger charge is -2.33. The Morgan fingerprint density at radius 3 is 2.59 bits per heavy atom. The third-order valence-corrected chi connectivity index (χ3v) is 5.85. The lowest BCUT2D eigenvalue weighted by atomic mass is 9.84. The Morgan fingerprint density at radius 1 is 1.26 bits per heavy atom. The molecule has 0 aromatic heterocycles. The van der Waals surface area contributed by atoms with Gasteiger partial charge >= 0.3 is 6.18 Å². The van der Waals surface area contributed by atoms with E-state index in [1.165, 1.54) is 0 Å². The molecule has 1 heterocycles. The van der Waals surface area contributed by atoms with Crippen LogP contribution in [0.15, 0.2) is 30.3 Å². The van der Waals surface area contributed by atoms with E-state index < -0.39 is 17.5 Å². The third kappa shape index (κ3) is 4.58. The summed E-state index contributed by atoms with van der Waals surface area (Å²) in [4.78, 5) is 14.5. The van der Waals surface area contributed by atoms with Gasteiger partial charge in [0.05, 0.1) is 0 Å². The molecule has 2 aliphatic rings. The highest BCUT2D eigenvalue weighted by molar-refractivity contribution is 5.85. The molecule has 0 radical (unpaired) electrons. The molecule has 4 nitrogen and oxygen atoms in total. The Kier molecular flexibility index (Phi) is 7.16. The summed E-state index contributed by atoms with van der Waals surface area (Å²) < 4.78 is 41.8. The summed E-state index contributed by atoms with van der Waals surface area (Å²) in [6, 6.07) is 9.13. The lowest BCUT2D eigenvalue weighted by Crippen LogP contribution is -2.55. The average Bonchev–Trinajstić information content (AvgIpc) is 3.22. The van der Waals surface area contributed by atoms with E-state index in [-0.39, 0.29) is 43.9 Å². The van der Waals surface area contributed by atoms with E-state index in [9.17, 15) is 18.0 Å². The topological polar surface area (TPSA) is 58.4 Å². The maximum absolute atomic E-state index is 13.9. The van der Waals surface area contributed by atoms with Gasteiger partial charge in [-0.1, -0.05) is 36.8 Å². The second-order valence-electron chi connectivity index (χ2n) is 7.53. The number of benzene rings is 1. The van der Waals surface area contributed by atoms with E-state index in [1.807, 2.05) is 30.3 Å². The molecule has 1 aromatic carbocycles. The highest BCUT2D eigenvalue weighted by Crippen LogP contribution is 2.46. The van der Waals surface area contributed by atoms with E-state index in [0.29, 0.717) is 19.5 Å². The minimum Gasteiger partial charge on any atom is -0.352 e. The van der Waals surface area contributed by atoms with E-state index in [2.05, 4.69) is 5.32 Å². The Balaban J connectivity index is 0.00000261. The van der Waals surface area contributed by atoms with Gasteiger partial charge in [-0.15, -0.1) is 12.4 Å². The van der Waals surface area contributed by atoms with Gasteiger partial charge in [-0.3, -0.25) is 9.69 Å². The zero-order valence-electron chi connectivity index (χ0n) is 15.2. The summed E-state index contributed by atoms with van der Waals surface area (Å²) in [5.74, 6) is -0.808. The minimum atomic E-state index is -4.57. The second kappa shape index (κ2) is 8.80. The normalized spacial score (nSPS) is 28.7. The monoisotopic (exact) mass is 405 g/mol. The predicted octanol–water partition coefficient (Wildman–Crippen LogP) is 3.11. The Labute approximate surface area is 164 Å². The van der Waals surface area contributed by atoms with Crippen LogP contribution in [0.3, 0.4) is 0 Å². The van der Waals surface area contributed by atoms with Crippen LogP contribution in [0.4, 0.5) is 13.2 Å². The van der Waals surface area contributed by atoms with Crippen molar-refractivity contribution in [2.75, 3.05) is 19.6 Å². The Hall–Kier alpha value is -1.31. The number of hydrogen-bond acceptors (Lipinski definition) is 3. The predicted molar refractivity (Wildman–Crippen MR) is 100 cm³/mol. The largest absolute Gasteiger partial charge is 0.404 e. The minimum absolute atomic E-state index is 0. The Morgan fingerprint density at radius 2 is 1.96 bits per heavy atom. The molecule has 2 fully saturated rings. The Bertz CT molecular complexity index is 628. The summed E-state index contributed by atoms with van der Waals surface area (Å²) >= 11 is 0. The molecule has 3 rings (SSSR count). The van der Waals surface area contributed by atoms with Gasteiger partial charge in [0.15, 0.2) is 5.41 Å². The first-order valence-corrected chi connectivity index (χ1v) is 9.20. The van der Waals surface area contributed by atoms with E-state index in [0.717, 1.165) is 18.4 Å². The molecule has 1 aliphatic carbocycles. The van der Waals surface area contributed by atoms with E-state index in [4.69, 9.17) is 5.73 Å². The van der Waals surface area contributed by atoms with E-state index >= 15 is 0 Å². The first kappa shape index (κ1) is 22.0.